The number of thiazole rings is 1. The predicted octanol–water partition coefficient (Wildman–Crippen LogP) is 3.53. The Bertz CT molecular complexity index is 459. The fourth-order valence-electron chi connectivity index (χ4n) is 1.29. The third-order valence-electron chi connectivity index (χ3n) is 2.10. The molecule has 0 aliphatic heterocycles. The zero-order chi connectivity index (χ0) is 11.4. The van der Waals surface area contributed by atoms with Gasteiger partial charge in [-0.05, 0) is 28.1 Å². The fraction of sp³-hybridized carbons (Fsp3) is 0.182. The quantitative estimate of drug-likeness (QED) is 0.938. The molecule has 0 amide bonds. The van der Waals surface area contributed by atoms with E-state index < -0.39 is 0 Å². The summed E-state index contributed by atoms with van der Waals surface area (Å²) >= 11 is 5.06. The van der Waals surface area contributed by atoms with E-state index in [1.54, 1.807) is 18.4 Å². The molecular weight excluding hydrogens is 288 g/mol. The maximum atomic E-state index is 5.23. The molecule has 0 atom stereocenters. The van der Waals surface area contributed by atoms with Crippen LogP contribution in [0.3, 0.4) is 0 Å². The van der Waals surface area contributed by atoms with Gasteiger partial charge in [-0.15, -0.1) is 11.3 Å². The van der Waals surface area contributed by atoms with E-state index in [4.69, 9.17) is 4.74 Å². The second kappa shape index (κ2) is 5.32. The van der Waals surface area contributed by atoms with E-state index >= 15 is 0 Å². The number of hydrogen-bond acceptors (Lipinski definition) is 4. The average Bonchev–Trinajstić information content (AvgIpc) is 2.81. The van der Waals surface area contributed by atoms with Gasteiger partial charge in [0, 0.05) is 22.8 Å². The van der Waals surface area contributed by atoms with Crippen LogP contribution >= 0.6 is 27.3 Å². The Morgan fingerprint density at radius 2 is 2.38 bits per heavy atom. The number of benzene rings is 1. The molecule has 16 heavy (non-hydrogen) atoms. The molecule has 0 bridgehead atoms. The molecule has 1 N–H and O–H groups in total. The molecule has 2 aromatic rings. The highest BCUT2D eigenvalue weighted by Gasteiger charge is 2.01. The monoisotopic (exact) mass is 298 g/mol. The number of ether oxygens (including phenoxy) is 1. The molecule has 0 fully saturated rings. The van der Waals surface area contributed by atoms with Crippen LogP contribution in [0.4, 0.5) is 5.69 Å². The highest BCUT2D eigenvalue weighted by atomic mass is 79.9. The van der Waals surface area contributed by atoms with Crippen LogP contribution in [0.1, 0.15) is 4.88 Å². The molecule has 0 aliphatic carbocycles. The predicted molar refractivity (Wildman–Crippen MR) is 70.1 cm³/mol. The zero-order valence-electron chi connectivity index (χ0n) is 8.74. The van der Waals surface area contributed by atoms with E-state index in [0.29, 0.717) is 0 Å². The summed E-state index contributed by atoms with van der Waals surface area (Å²) in [5, 5.41) is 3.32. The number of methoxy groups -OCH3 is 1. The van der Waals surface area contributed by atoms with Crippen molar-refractivity contribution in [1.82, 2.24) is 4.98 Å². The molecule has 2 rings (SSSR count). The van der Waals surface area contributed by atoms with Gasteiger partial charge in [-0.3, -0.25) is 4.98 Å². The maximum Gasteiger partial charge on any atom is 0.135 e. The first-order chi connectivity index (χ1) is 7.79. The lowest BCUT2D eigenvalue weighted by atomic mass is 10.3. The van der Waals surface area contributed by atoms with Crippen molar-refractivity contribution in [2.75, 3.05) is 12.4 Å². The molecule has 0 spiro atoms. The van der Waals surface area contributed by atoms with Crippen LogP contribution in [0.2, 0.25) is 0 Å². The molecule has 0 unspecified atom stereocenters. The molecule has 84 valence electrons. The van der Waals surface area contributed by atoms with Crippen molar-refractivity contribution in [2.45, 2.75) is 6.54 Å². The van der Waals surface area contributed by atoms with Gasteiger partial charge in [-0.25, -0.2) is 0 Å². The van der Waals surface area contributed by atoms with Crippen LogP contribution in [-0.2, 0) is 6.54 Å². The second-order valence-electron chi connectivity index (χ2n) is 3.17. The van der Waals surface area contributed by atoms with Crippen molar-refractivity contribution in [3.63, 3.8) is 0 Å². The smallest absolute Gasteiger partial charge is 0.135 e. The van der Waals surface area contributed by atoms with Gasteiger partial charge < -0.3 is 10.1 Å². The molecule has 5 heteroatoms. The fourth-order valence-corrected chi connectivity index (χ4v) is 2.23. The van der Waals surface area contributed by atoms with Crippen LogP contribution in [0, 0.1) is 0 Å². The lowest BCUT2D eigenvalue weighted by Crippen LogP contribution is -1.97. The van der Waals surface area contributed by atoms with E-state index in [0.717, 1.165) is 22.5 Å². The Balaban J connectivity index is 2.04. The topological polar surface area (TPSA) is 34.1 Å². The summed E-state index contributed by atoms with van der Waals surface area (Å²) in [5.74, 6) is 0.828. The molecule has 0 saturated heterocycles. The number of aromatic nitrogens is 1. The minimum Gasteiger partial charge on any atom is -0.495 e. The number of nitrogens with zero attached hydrogens (tertiary/aromatic N) is 1. The number of nitrogens with one attached hydrogen (secondary N) is 1. The molecule has 0 radical (unpaired) electrons. The Labute approximate surface area is 107 Å². The largest absolute Gasteiger partial charge is 0.495 e. The first-order valence-corrected chi connectivity index (χ1v) is 6.41. The van der Waals surface area contributed by atoms with Gasteiger partial charge in [-0.1, -0.05) is 0 Å². The van der Waals surface area contributed by atoms with Crippen molar-refractivity contribution in [3.05, 3.63) is 39.3 Å². The molecular formula is C11H11BrN2OS. The third kappa shape index (κ3) is 2.74. The summed E-state index contributed by atoms with van der Waals surface area (Å²) in [5.41, 5.74) is 2.87. The Morgan fingerprint density at radius 3 is 3.06 bits per heavy atom. The van der Waals surface area contributed by atoms with Crippen LogP contribution in [0.15, 0.2) is 34.4 Å². The first kappa shape index (κ1) is 11.4. The maximum absolute atomic E-state index is 5.23. The van der Waals surface area contributed by atoms with Crippen molar-refractivity contribution in [1.29, 1.82) is 0 Å². The summed E-state index contributed by atoms with van der Waals surface area (Å²) in [6.07, 6.45) is 1.87. The zero-order valence-corrected chi connectivity index (χ0v) is 11.1. The highest BCUT2D eigenvalue weighted by Crippen LogP contribution is 2.28. The SMILES string of the molecule is COc1cc(NCc2cncs2)ccc1Br. The van der Waals surface area contributed by atoms with Crippen molar-refractivity contribution < 1.29 is 4.74 Å². The highest BCUT2D eigenvalue weighted by molar-refractivity contribution is 9.10. The van der Waals surface area contributed by atoms with E-state index in [2.05, 4.69) is 26.2 Å². The summed E-state index contributed by atoms with van der Waals surface area (Å²) in [7, 11) is 1.66. The summed E-state index contributed by atoms with van der Waals surface area (Å²) in [6, 6.07) is 5.94. The van der Waals surface area contributed by atoms with Crippen molar-refractivity contribution in [2.24, 2.45) is 0 Å². The summed E-state index contributed by atoms with van der Waals surface area (Å²) < 4.78 is 6.18. The van der Waals surface area contributed by atoms with Crippen LogP contribution in [0.25, 0.3) is 0 Å². The molecule has 3 nitrogen and oxygen atoms in total. The Morgan fingerprint density at radius 1 is 1.50 bits per heavy atom. The molecule has 0 saturated carbocycles. The van der Waals surface area contributed by atoms with E-state index in [1.165, 1.54) is 4.88 Å². The normalized spacial score (nSPS) is 10.1. The van der Waals surface area contributed by atoms with Crippen molar-refractivity contribution >= 4 is 33.0 Å². The lowest BCUT2D eigenvalue weighted by molar-refractivity contribution is 0.412. The summed E-state index contributed by atoms with van der Waals surface area (Å²) in [6.45, 7) is 0.787. The second-order valence-corrected chi connectivity index (χ2v) is 5.00. The molecule has 1 aromatic heterocycles. The standard InChI is InChI=1S/C11H11BrN2OS/c1-15-11-4-8(2-3-10(11)12)14-6-9-5-13-7-16-9/h2-5,7,14H,6H2,1H3. The van der Waals surface area contributed by atoms with Gasteiger partial charge >= 0.3 is 0 Å². The third-order valence-corrected chi connectivity index (χ3v) is 3.54. The number of hydrogen-bond donors (Lipinski definition) is 1. The van der Waals surface area contributed by atoms with Gasteiger partial charge in [0.05, 0.1) is 23.6 Å². The Kier molecular flexibility index (Phi) is 3.79. The van der Waals surface area contributed by atoms with Crippen LogP contribution in [-0.4, -0.2) is 12.1 Å². The van der Waals surface area contributed by atoms with Gasteiger partial charge in [0.1, 0.15) is 5.75 Å². The lowest BCUT2D eigenvalue weighted by Gasteiger charge is -2.08. The number of halogens is 1. The minimum atomic E-state index is 0.787. The summed E-state index contributed by atoms with van der Waals surface area (Å²) in [4.78, 5) is 5.24. The van der Waals surface area contributed by atoms with Gasteiger partial charge in [0.15, 0.2) is 0 Å². The van der Waals surface area contributed by atoms with Gasteiger partial charge in [-0.2, -0.15) is 0 Å². The van der Waals surface area contributed by atoms with Crippen molar-refractivity contribution in [3.8, 4) is 5.75 Å². The Hall–Kier alpha value is -1.07. The first-order valence-electron chi connectivity index (χ1n) is 4.74. The number of anilines is 1. The average molecular weight is 299 g/mol. The minimum absolute atomic E-state index is 0.787. The van der Waals surface area contributed by atoms with Gasteiger partial charge in [0.25, 0.3) is 0 Å². The van der Waals surface area contributed by atoms with E-state index in [1.807, 2.05) is 29.9 Å². The van der Waals surface area contributed by atoms with E-state index in [9.17, 15) is 0 Å². The molecule has 1 heterocycles. The van der Waals surface area contributed by atoms with E-state index in [-0.39, 0.29) is 0 Å². The molecule has 1 aromatic carbocycles. The van der Waals surface area contributed by atoms with Crippen LogP contribution in [0.5, 0.6) is 5.75 Å². The van der Waals surface area contributed by atoms with Gasteiger partial charge in [0.2, 0.25) is 0 Å². The number of rotatable bonds is 4. The molecule has 0 aliphatic rings. The van der Waals surface area contributed by atoms with Crippen LogP contribution < -0.4 is 10.1 Å².